The van der Waals surface area contributed by atoms with Gasteiger partial charge in [-0.25, -0.2) is 5.43 Å². The van der Waals surface area contributed by atoms with E-state index in [4.69, 9.17) is 4.42 Å². The third-order valence-electron chi connectivity index (χ3n) is 2.45. The number of rotatable bonds is 5. The van der Waals surface area contributed by atoms with E-state index in [2.05, 4.69) is 38.4 Å². The van der Waals surface area contributed by atoms with Gasteiger partial charge in [-0.2, -0.15) is 5.10 Å². The summed E-state index contributed by atoms with van der Waals surface area (Å²) in [6.07, 6.45) is 1.47. The maximum absolute atomic E-state index is 11.6. The number of hydrazone groups is 1. The predicted molar refractivity (Wildman–Crippen MR) is 86.8 cm³/mol. The SMILES string of the molecule is Cc1cccc(NCC(=O)NN=Cc2ccc(I)o2)c1. The Morgan fingerprint density at radius 2 is 2.25 bits per heavy atom. The number of furan rings is 1. The molecule has 1 heterocycles. The van der Waals surface area contributed by atoms with Crippen LogP contribution >= 0.6 is 22.6 Å². The van der Waals surface area contributed by atoms with Crippen LogP contribution in [0.3, 0.4) is 0 Å². The van der Waals surface area contributed by atoms with Crippen LogP contribution in [0, 0.1) is 10.7 Å². The molecule has 1 aromatic heterocycles. The van der Waals surface area contributed by atoms with Crippen molar-refractivity contribution in [2.75, 3.05) is 11.9 Å². The van der Waals surface area contributed by atoms with Gasteiger partial charge in [-0.15, -0.1) is 0 Å². The lowest BCUT2D eigenvalue weighted by Gasteiger charge is -2.05. The van der Waals surface area contributed by atoms with E-state index >= 15 is 0 Å². The third kappa shape index (κ3) is 4.69. The van der Waals surface area contributed by atoms with Gasteiger partial charge >= 0.3 is 0 Å². The lowest BCUT2D eigenvalue weighted by Crippen LogP contribution is -2.25. The second-order valence-corrected chi connectivity index (χ2v) is 5.22. The second-order valence-electron chi connectivity index (χ2n) is 4.16. The van der Waals surface area contributed by atoms with Crippen molar-refractivity contribution < 1.29 is 9.21 Å². The number of carbonyl (C=O) groups excluding carboxylic acids is 1. The number of hydrogen-bond acceptors (Lipinski definition) is 4. The van der Waals surface area contributed by atoms with E-state index in [1.54, 1.807) is 6.07 Å². The van der Waals surface area contributed by atoms with Gasteiger partial charge in [0.2, 0.25) is 0 Å². The highest BCUT2D eigenvalue weighted by atomic mass is 127. The molecule has 5 nitrogen and oxygen atoms in total. The predicted octanol–water partition coefficient (Wildman–Crippen LogP) is 2.75. The normalized spacial score (nSPS) is 10.7. The van der Waals surface area contributed by atoms with Crippen LogP contribution in [0.25, 0.3) is 0 Å². The molecule has 0 radical (unpaired) electrons. The van der Waals surface area contributed by atoms with Crippen LogP contribution < -0.4 is 10.7 Å². The smallest absolute Gasteiger partial charge is 0.259 e. The van der Waals surface area contributed by atoms with Crippen molar-refractivity contribution in [3.05, 3.63) is 51.5 Å². The third-order valence-corrected chi connectivity index (χ3v) is 3.03. The molecule has 0 saturated carbocycles. The van der Waals surface area contributed by atoms with Crippen LogP contribution in [0.4, 0.5) is 5.69 Å². The van der Waals surface area contributed by atoms with Crippen LogP contribution in [0.2, 0.25) is 0 Å². The number of anilines is 1. The molecule has 0 saturated heterocycles. The van der Waals surface area contributed by atoms with Gasteiger partial charge in [0, 0.05) is 5.69 Å². The van der Waals surface area contributed by atoms with Gasteiger partial charge in [0.25, 0.3) is 5.91 Å². The molecule has 1 amide bonds. The Labute approximate surface area is 130 Å². The van der Waals surface area contributed by atoms with Crippen molar-refractivity contribution in [3.8, 4) is 0 Å². The van der Waals surface area contributed by atoms with Gasteiger partial charge < -0.3 is 9.73 Å². The zero-order valence-corrected chi connectivity index (χ0v) is 13.0. The summed E-state index contributed by atoms with van der Waals surface area (Å²) >= 11 is 2.06. The van der Waals surface area contributed by atoms with Crippen LogP contribution in [0.5, 0.6) is 0 Å². The molecule has 0 bridgehead atoms. The first-order valence-corrected chi connectivity index (χ1v) is 7.09. The summed E-state index contributed by atoms with van der Waals surface area (Å²) < 4.78 is 6.05. The number of halogens is 1. The Hall–Kier alpha value is -1.83. The zero-order valence-electron chi connectivity index (χ0n) is 10.9. The maximum Gasteiger partial charge on any atom is 0.259 e. The highest BCUT2D eigenvalue weighted by molar-refractivity contribution is 14.1. The maximum atomic E-state index is 11.6. The minimum Gasteiger partial charge on any atom is -0.449 e. The summed E-state index contributed by atoms with van der Waals surface area (Å²) in [6.45, 7) is 2.16. The average molecular weight is 383 g/mol. The minimum atomic E-state index is -0.219. The van der Waals surface area contributed by atoms with Crippen molar-refractivity contribution in [2.45, 2.75) is 6.92 Å². The molecule has 0 atom stereocenters. The van der Waals surface area contributed by atoms with Gasteiger partial charge in [0.1, 0.15) is 5.76 Å². The minimum absolute atomic E-state index is 0.163. The quantitative estimate of drug-likeness (QED) is 0.474. The Balaban J connectivity index is 1.77. The fourth-order valence-electron chi connectivity index (χ4n) is 1.54. The molecule has 104 valence electrons. The molecule has 0 fully saturated rings. The van der Waals surface area contributed by atoms with Gasteiger partial charge in [0.15, 0.2) is 3.77 Å². The zero-order chi connectivity index (χ0) is 14.4. The summed E-state index contributed by atoms with van der Waals surface area (Å²) in [5, 5.41) is 6.85. The van der Waals surface area contributed by atoms with Crippen molar-refractivity contribution in [2.24, 2.45) is 5.10 Å². The molecular formula is C14H14IN3O2. The van der Waals surface area contributed by atoms with E-state index in [0.717, 1.165) is 15.0 Å². The van der Waals surface area contributed by atoms with Gasteiger partial charge in [-0.05, 0) is 59.3 Å². The van der Waals surface area contributed by atoms with Crippen molar-refractivity contribution >= 4 is 40.4 Å². The second kappa shape index (κ2) is 7.09. The van der Waals surface area contributed by atoms with Crippen LogP contribution in [0.1, 0.15) is 11.3 Å². The number of benzene rings is 1. The van der Waals surface area contributed by atoms with Gasteiger partial charge in [0.05, 0.1) is 12.8 Å². The van der Waals surface area contributed by atoms with Crippen molar-refractivity contribution in [3.63, 3.8) is 0 Å². The van der Waals surface area contributed by atoms with Crippen LogP contribution in [-0.4, -0.2) is 18.7 Å². The first-order chi connectivity index (χ1) is 9.63. The van der Waals surface area contributed by atoms with Gasteiger partial charge in [-0.1, -0.05) is 12.1 Å². The first kappa shape index (κ1) is 14.6. The number of hydrogen-bond donors (Lipinski definition) is 2. The van der Waals surface area contributed by atoms with E-state index in [1.807, 2.05) is 37.3 Å². The molecule has 6 heteroatoms. The highest BCUT2D eigenvalue weighted by Crippen LogP contribution is 2.09. The Morgan fingerprint density at radius 3 is 2.95 bits per heavy atom. The van der Waals surface area contributed by atoms with Crippen molar-refractivity contribution in [1.29, 1.82) is 0 Å². The summed E-state index contributed by atoms with van der Waals surface area (Å²) in [5.41, 5.74) is 4.48. The van der Waals surface area contributed by atoms with E-state index in [9.17, 15) is 4.79 Å². The highest BCUT2D eigenvalue weighted by Gasteiger charge is 2.00. The lowest BCUT2D eigenvalue weighted by molar-refractivity contribution is -0.119. The van der Waals surface area contributed by atoms with Crippen molar-refractivity contribution in [1.82, 2.24) is 5.43 Å². The average Bonchev–Trinajstić information content (AvgIpc) is 2.82. The molecule has 2 N–H and O–H groups in total. The number of aryl methyl sites for hydroxylation is 1. The van der Waals surface area contributed by atoms with E-state index in [1.165, 1.54) is 6.21 Å². The molecule has 0 unspecified atom stereocenters. The molecule has 20 heavy (non-hydrogen) atoms. The summed E-state index contributed by atoms with van der Waals surface area (Å²) in [4.78, 5) is 11.6. The fourth-order valence-corrected chi connectivity index (χ4v) is 1.98. The topological polar surface area (TPSA) is 66.6 Å². The summed E-state index contributed by atoms with van der Waals surface area (Å²) in [6, 6.07) is 11.4. The molecule has 0 aliphatic carbocycles. The Kier molecular flexibility index (Phi) is 5.16. The molecule has 0 spiro atoms. The monoisotopic (exact) mass is 383 g/mol. The number of nitrogens with one attached hydrogen (secondary N) is 2. The molecule has 1 aromatic carbocycles. The molecule has 0 aliphatic heterocycles. The Bertz CT molecular complexity index is 622. The first-order valence-electron chi connectivity index (χ1n) is 6.01. The summed E-state index contributed by atoms with van der Waals surface area (Å²) in [7, 11) is 0. The largest absolute Gasteiger partial charge is 0.449 e. The molecule has 2 rings (SSSR count). The molecular weight excluding hydrogens is 369 g/mol. The van der Waals surface area contributed by atoms with E-state index < -0.39 is 0 Å². The summed E-state index contributed by atoms with van der Waals surface area (Å²) in [5.74, 6) is 0.380. The standard InChI is InChI=1S/C14H14IN3O2/c1-10-3-2-4-11(7-10)16-9-14(19)18-17-8-12-5-6-13(15)20-12/h2-8,16H,9H2,1H3,(H,18,19). The van der Waals surface area contributed by atoms with Crippen LogP contribution in [0.15, 0.2) is 45.9 Å². The van der Waals surface area contributed by atoms with Gasteiger partial charge in [-0.3, -0.25) is 4.79 Å². The number of carbonyl (C=O) groups is 1. The van der Waals surface area contributed by atoms with E-state index in [-0.39, 0.29) is 12.5 Å². The Morgan fingerprint density at radius 1 is 1.40 bits per heavy atom. The van der Waals surface area contributed by atoms with E-state index in [0.29, 0.717) is 5.76 Å². The fraction of sp³-hybridized carbons (Fsp3) is 0.143. The molecule has 2 aromatic rings. The molecule has 0 aliphatic rings. The number of amides is 1. The lowest BCUT2D eigenvalue weighted by atomic mass is 10.2. The van der Waals surface area contributed by atoms with Crippen LogP contribution in [-0.2, 0) is 4.79 Å². The number of nitrogens with zero attached hydrogens (tertiary/aromatic N) is 1.